The van der Waals surface area contributed by atoms with Crippen molar-refractivity contribution in [1.29, 1.82) is 0 Å². The number of allylic oxidation sites excluding steroid dienone is 1. The van der Waals surface area contributed by atoms with Gasteiger partial charge in [0.2, 0.25) is 0 Å². The van der Waals surface area contributed by atoms with Gasteiger partial charge >= 0.3 is 7.60 Å². The van der Waals surface area contributed by atoms with Crippen LogP contribution in [0.25, 0.3) is 10.8 Å². The quantitative estimate of drug-likeness (QED) is 0.418. The zero-order valence-electron chi connectivity index (χ0n) is 15.2. The number of hydrogen-bond donors (Lipinski definition) is 0. The molecule has 26 heavy (non-hydrogen) atoms. The van der Waals surface area contributed by atoms with E-state index in [4.69, 9.17) is 9.05 Å². The van der Waals surface area contributed by atoms with Crippen LogP contribution in [0.4, 0.5) is 0 Å². The topological polar surface area (TPSA) is 40.5 Å². The van der Waals surface area contributed by atoms with Crippen LogP contribution in [0.1, 0.15) is 17.7 Å². The zero-order valence-corrected chi connectivity index (χ0v) is 16.1. The Kier molecular flexibility index (Phi) is 5.77. The molecule has 2 aromatic carbocycles. The lowest BCUT2D eigenvalue weighted by Gasteiger charge is -2.19. The molecule has 1 heterocycles. The van der Waals surface area contributed by atoms with Gasteiger partial charge in [0.1, 0.15) is 5.44 Å². The minimum Gasteiger partial charge on any atom is -0.333 e. The number of aromatic nitrogens is 1. The fraction of sp³-hybridized carbons (Fsp3) is 0.238. The van der Waals surface area contributed by atoms with E-state index in [1.807, 2.05) is 42.5 Å². The summed E-state index contributed by atoms with van der Waals surface area (Å²) < 4.78 is 26.2. The lowest BCUT2D eigenvalue weighted by Crippen LogP contribution is -2.22. The van der Waals surface area contributed by atoms with Crippen molar-refractivity contribution in [3.63, 3.8) is 0 Å². The summed E-state index contributed by atoms with van der Waals surface area (Å²) in [5, 5.41) is 1.99. The predicted molar refractivity (Wildman–Crippen MR) is 107 cm³/mol. The van der Waals surface area contributed by atoms with Crippen LogP contribution in [0.15, 0.2) is 67.3 Å². The van der Waals surface area contributed by atoms with Crippen molar-refractivity contribution in [2.24, 2.45) is 0 Å². The van der Waals surface area contributed by atoms with Gasteiger partial charge in [-0.3, -0.25) is 4.57 Å². The molecule has 0 N–H and O–H groups in total. The van der Waals surface area contributed by atoms with Gasteiger partial charge in [-0.1, -0.05) is 60.7 Å². The lowest BCUT2D eigenvalue weighted by molar-refractivity contribution is 0.286. The monoisotopic (exact) mass is 369 g/mol. The van der Waals surface area contributed by atoms with E-state index in [1.54, 1.807) is 0 Å². The molecule has 0 unspecified atom stereocenters. The first-order chi connectivity index (χ1) is 12.6. The highest BCUT2D eigenvalue weighted by Gasteiger charge is 2.33. The number of hydrogen-bond acceptors (Lipinski definition) is 3. The average Bonchev–Trinajstić information content (AvgIpc) is 3.00. The summed E-state index contributed by atoms with van der Waals surface area (Å²) in [6, 6.07) is 18.1. The van der Waals surface area contributed by atoms with Gasteiger partial charge in [0.25, 0.3) is 0 Å². The van der Waals surface area contributed by atoms with Gasteiger partial charge in [-0.15, -0.1) is 6.58 Å². The first-order valence-corrected chi connectivity index (χ1v) is 10.2. The van der Waals surface area contributed by atoms with Crippen LogP contribution in [0.5, 0.6) is 0 Å². The molecule has 0 amide bonds. The predicted octanol–water partition coefficient (Wildman–Crippen LogP) is 4.92. The summed E-state index contributed by atoms with van der Waals surface area (Å²) in [5.41, 5.74) is 2.86. The fourth-order valence-corrected chi connectivity index (χ4v) is 4.81. The molecule has 0 atom stereocenters. The summed E-state index contributed by atoms with van der Waals surface area (Å²) in [5.74, 6) is 0. The third kappa shape index (κ3) is 3.41. The second-order valence-electron chi connectivity index (χ2n) is 6.08. The molecule has 0 saturated heterocycles. The Morgan fingerprint density at radius 2 is 1.62 bits per heavy atom. The average molecular weight is 369 g/mol. The molecule has 0 bridgehead atoms. The van der Waals surface area contributed by atoms with E-state index >= 15 is 0 Å². The summed E-state index contributed by atoms with van der Waals surface area (Å²) in [6.07, 6.45) is 3.55. The number of benzene rings is 2. The normalized spacial score (nSPS) is 11.8. The number of nitrogens with zero attached hydrogens (tertiary/aromatic N) is 1. The molecule has 0 fully saturated rings. The van der Waals surface area contributed by atoms with Crippen LogP contribution in [0.3, 0.4) is 0 Å². The third-order valence-corrected chi connectivity index (χ3v) is 6.53. The van der Waals surface area contributed by atoms with Crippen LogP contribution in [-0.4, -0.2) is 18.8 Å². The van der Waals surface area contributed by atoms with E-state index in [0.29, 0.717) is 12.0 Å². The maximum Gasteiger partial charge on any atom is 0.377 e. The van der Waals surface area contributed by atoms with Gasteiger partial charge in [-0.05, 0) is 18.4 Å². The minimum atomic E-state index is -3.43. The third-order valence-electron chi connectivity index (χ3n) is 4.57. The van der Waals surface area contributed by atoms with E-state index in [0.717, 1.165) is 34.9 Å². The Morgan fingerprint density at radius 3 is 2.23 bits per heavy atom. The van der Waals surface area contributed by atoms with Crippen molar-refractivity contribution in [2.45, 2.75) is 19.4 Å². The molecule has 0 saturated carbocycles. The van der Waals surface area contributed by atoms with Gasteiger partial charge in [-0.2, -0.15) is 0 Å². The number of fused-ring (bicyclic) bond motifs is 1. The van der Waals surface area contributed by atoms with Crippen LogP contribution >= 0.6 is 7.60 Å². The molecule has 0 aliphatic heterocycles. The lowest BCUT2D eigenvalue weighted by atomic mass is 10.1. The molecule has 0 radical (unpaired) electrons. The smallest absolute Gasteiger partial charge is 0.333 e. The molecular weight excluding hydrogens is 345 g/mol. The van der Waals surface area contributed by atoms with Crippen molar-refractivity contribution in [3.05, 3.63) is 78.5 Å². The molecular formula is C21H24NO3P. The largest absolute Gasteiger partial charge is 0.377 e. The van der Waals surface area contributed by atoms with Gasteiger partial charge in [-0.25, -0.2) is 0 Å². The van der Waals surface area contributed by atoms with Crippen molar-refractivity contribution in [2.75, 3.05) is 14.2 Å². The number of rotatable bonds is 8. The highest BCUT2D eigenvalue weighted by Crippen LogP contribution is 2.48. The Morgan fingerprint density at radius 1 is 1.00 bits per heavy atom. The Hall–Kier alpha value is -2.13. The maximum atomic E-state index is 13.4. The summed E-state index contributed by atoms with van der Waals surface area (Å²) in [6.45, 7) is 4.45. The van der Waals surface area contributed by atoms with E-state index in [-0.39, 0.29) is 0 Å². The highest BCUT2D eigenvalue weighted by atomic mass is 31.2. The molecule has 3 rings (SSSR count). The van der Waals surface area contributed by atoms with E-state index < -0.39 is 7.60 Å². The second kappa shape index (κ2) is 8.05. The maximum absolute atomic E-state index is 13.4. The van der Waals surface area contributed by atoms with Gasteiger partial charge in [0.05, 0.1) is 0 Å². The molecule has 0 spiro atoms. The standard InChI is InChI=1S/C21H24NO3P/c1-4-5-15-20-18-13-9-10-14-19(18)21(26(23,24-2)25-3)22(20)16-17-11-7-6-8-12-17/h4,6-14H,1,5,15-16H2,2-3H3. The molecule has 136 valence electrons. The Bertz CT molecular complexity index is 939. The highest BCUT2D eigenvalue weighted by molar-refractivity contribution is 7.62. The van der Waals surface area contributed by atoms with Crippen LogP contribution in [-0.2, 0) is 26.6 Å². The van der Waals surface area contributed by atoms with Crippen molar-refractivity contribution in [1.82, 2.24) is 4.57 Å². The SMILES string of the molecule is C=CCCc1c2ccccc2c(P(=O)(OC)OC)n1Cc1ccccc1. The molecule has 0 aliphatic carbocycles. The first-order valence-electron chi connectivity index (χ1n) is 8.61. The van der Waals surface area contributed by atoms with Crippen molar-refractivity contribution in [3.8, 4) is 0 Å². The van der Waals surface area contributed by atoms with Crippen molar-refractivity contribution < 1.29 is 13.6 Å². The fourth-order valence-electron chi connectivity index (χ4n) is 3.34. The van der Waals surface area contributed by atoms with Crippen LogP contribution in [0, 0.1) is 0 Å². The first kappa shape index (κ1) is 18.7. The van der Waals surface area contributed by atoms with Gasteiger partial charge in [0, 0.05) is 37.2 Å². The summed E-state index contributed by atoms with van der Waals surface area (Å²) in [7, 11) is -0.562. The minimum absolute atomic E-state index is 0.605. The van der Waals surface area contributed by atoms with E-state index in [2.05, 4.69) is 29.3 Å². The summed E-state index contributed by atoms with van der Waals surface area (Å²) in [4.78, 5) is 0. The van der Waals surface area contributed by atoms with Gasteiger partial charge in [0.15, 0.2) is 0 Å². The van der Waals surface area contributed by atoms with Gasteiger partial charge < -0.3 is 13.6 Å². The van der Waals surface area contributed by atoms with E-state index in [9.17, 15) is 4.57 Å². The van der Waals surface area contributed by atoms with Crippen LogP contribution in [0.2, 0.25) is 0 Å². The van der Waals surface area contributed by atoms with Crippen molar-refractivity contribution >= 4 is 23.8 Å². The second-order valence-corrected chi connectivity index (χ2v) is 8.23. The molecule has 1 aromatic heterocycles. The number of aryl methyl sites for hydroxylation is 1. The molecule has 4 nitrogen and oxygen atoms in total. The summed E-state index contributed by atoms with van der Waals surface area (Å²) >= 11 is 0. The zero-order chi connectivity index (χ0) is 18.6. The van der Waals surface area contributed by atoms with Crippen LogP contribution < -0.4 is 5.44 Å². The molecule has 0 aliphatic rings. The van der Waals surface area contributed by atoms with E-state index in [1.165, 1.54) is 14.2 Å². The Labute approximate surface area is 154 Å². The molecule has 5 heteroatoms. The Balaban J connectivity index is 2.29. The molecule has 3 aromatic rings.